The summed E-state index contributed by atoms with van der Waals surface area (Å²) in [6.07, 6.45) is 3.50. The van der Waals surface area contributed by atoms with Crippen LogP contribution in [0, 0.1) is 0 Å². The number of aryl methyl sites for hydroxylation is 1. The molecule has 0 fully saturated rings. The summed E-state index contributed by atoms with van der Waals surface area (Å²) in [7, 11) is 0. The third kappa shape index (κ3) is 2.70. The van der Waals surface area contributed by atoms with Crippen LogP contribution < -0.4 is 0 Å². The van der Waals surface area contributed by atoms with Crippen LogP contribution in [0.25, 0.3) is 0 Å². The molecule has 0 aliphatic rings. The lowest BCUT2D eigenvalue weighted by molar-refractivity contribution is 0.0689. The van der Waals surface area contributed by atoms with E-state index in [1.54, 1.807) is 0 Å². The molecule has 0 spiro atoms. The van der Waals surface area contributed by atoms with E-state index in [0.29, 0.717) is 17.3 Å². The number of carbonyl (C=O) groups is 1. The second kappa shape index (κ2) is 4.95. The predicted octanol–water partition coefficient (Wildman–Crippen LogP) is 1.85. The van der Waals surface area contributed by atoms with Crippen LogP contribution in [-0.2, 0) is 6.42 Å². The van der Waals surface area contributed by atoms with E-state index in [0.717, 1.165) is 6.42 Å². The fourth-order valence-corrected chi connectivity index (χ4v) is 1.45. The zero-order valence-electron chi connectivity index (χ0n) is 8.15. The SMILES string of the molecule is CCCc1nc(SC)cc(C(=O)O)n1. The molecule has 1 N–H and O–H groups in total. The van der Waals surface area contributed by atoms with Gasteiger partial charge in [-0.05, 0) is 12.7 Å². The molecule has 0 unspecified atom stereocenters. The highest BCUT2D eigenvalue weighted by Crippen LogP contribution is 2.13. The molecular weight excluding hydrogens is 200 g/mol. The standard InChI is InChI=1S/C9H12N2O2S/c1-3-4-7-10-6(9(12)13)5-8(11-7)14-2/h5H,3-4H2,1-2H3,(H,12,13). The van der Waals surface area contributed by atoms with E-state index in [9.17, 15) is 4.79 Å². The van der Waals surface area contributed by atoms with Crippen molar-refractivity contribution in [2.75, 3.05) is 6.26 Å². The van der Waals surface area contributed by atoms with Gasteiger partial charge < -0.3 is 5.11 Å². The summed E-state index contributed by atoms with van der Waals surface area (Å²) < 4.78 is 0. The third-order valence-corrected chi connectivity index (χ3v) is 2.28. The second-order valence-electron chi connectivity index (χ2n) is 2.77. The molecule has 1 aromatic rings. The Hall–Kier alpha value is -1.10. The first-order valence-electron chi connectivity index (χ1n) is 4.32. The number of hydrogen-bond donors (Lipinski definition) is 1. The van der Waals surface area contributed by atoms with Crippen molar-refractivity contribution in [2.24, 2.45) is 0 Å². The maximum Gasteiger partial charge on any atom is 0.354 e. The highest BCUT2D eigenvalue weighted by Gasteiger charge is 2.09. The second-order valence-corrected chi connectivity index (χ2v) is 3.59. The summed E-state index contributed by atoms with van der Waals surface area (Å²) in [6, 6.07) is 1.49. The molecule has 1 aromatic heterocycles. The van der Waals surface area contributed by atoms with E-state index in [1.165, 1.54) is 17.8 Å². The Morgan fingerprint density at radius 3 is 2.79 bits per heavy atom. The molecule has 5 heteroatoms. The van der Waals surface area contributed by atoms with E-state index in [4.69, 9.17) is 5.11 Å². The number of carboxylic acids is 1. The molecule has 0 aliphatic heterocycles. The maximum atomic E-state index is 10.7. The fraction of sp³-hybridized carbons (Fsp3) is 0.444. The van der Waals surface area contributed by atoms with Gasteiger partial charge in [-0.3, -0.25) is 0 Å². The van der Waals surface area contributed by atoms with Crippen molar-refractivity contribution >= 4 is 17.7 Å². The molecular formula is C9H12N2O2S. The smallest absolute Gasteiger partial charge is 0.354 e. The Morgan fingerprint density at radius 1 is 1.57 bits per heavy atom. The van der Waals surface area contributed by atoms with Crippen molar-refractivity contribution in [3.63, 3.8) is 0 Å². The molecule has 0 atom stereocenters. The largest absolute Gasteiger partial charge is 0.477 e. The van der Waals surface area contributed by atoms with Gasteiger partial charge >= 0.3 is 5.97 Å². The van der Waals surface area contributed by atoms with Gasteiger partial charge in [-0.2, -0.15) is 0 Å². The molecule has 0 bridgehead atoms. The summed E-state index contributed by atoms with van der Waals surface area (Å²) >= 11 is 1.43. The summed E-state index contributed by atoms with van der Waals surface area (Å²) in [6.45, 7) is 2.01. The number of hydrogen-bond acceptors (Lipinski definition) is 4. The van der Waals surface area contributed by atoms with Crippen molar-refractivity contribution in [1.82, 2.24) is 9.97 Å². The van der Waals surface area contributed by atoms with Crippen LogP contribution in [0.4, 0.5) is 0 Å². The molecule has 76 valence electrons. The van der Waals surface area contributed by atoms with E-state index >= 15 is 0 Å². The first-order valence-corrected chi connectivity index (χ1v) is 5.55. The average Bonchev–Trinajstić information content (AvgIpc) is 2.17. The van der Waals surface area contributed by atoms with E-state index in [2.05, 4.69) is 9.97 Å². The quantitative estimate of drug-likeness (QED) is 0.609. The van der Waals surface area contributed by atoms with Crippen molar-refractivity contribution in [3.8, 4) is 0 Å². The number of aromatic carboxylic acids is 1. The first-order chi connectivity index (χ1) is 6.67. The van der Waals surface area contributed by atoms with Gasteiger partial charge in [0.25, 0.3) is 0 Å². The van der Waals surface area contributed by atoms with Crippen LogP contribution in [0.1, 0.15) is 29.7 Å². The average molecular weight is 212 g/mol. The monoisotopic (exact) mass is 212 g/mol. The topological polar surface area (TPSA) is 63.1 Å². The van der Waals surface area contributed by atoms with Gasteiger partial charge in [0, 0.05) is 12.5 Å². The molecule has 0 aromatic carbocycles. The Bertz CT molecular complexity index is 342. The summed E-state index contributed by atoms with van der Waals surface area (Å²) in [4.78, 5) is 18.9. The zero-order chi connectivity index (χ0) is 10.6. The van der Waals surface area contributed by atoms with Gasteiger partial charge in [0.15, 0.2) is 5.69 Å². The lowest BCUT2D eigenvalue weighted by Gasteiger charge is -2.02. The van der Waals surface area contributed by atoms with Gasteiger partial charge in [0.2, 0.25) is 0 Å². The minimum Gasteiger partial charge on any atom is -0.477 e. The van der Waals surface area contributed by atoms with Crippen molar-refractivity contribution in [2.45, 2.75) is 24.8 Å². The number of rotatable bonds is 4. The molecule has 0 saturated heterocycles. The lowest BCUT2D eigenvalue weighted by Crippen LogP contribution is -2.06. The van der Waals surface area contributed by atoms with Crippen LogP contribution in [-0.4, -0.2) is 27.3 Å². The van der Waals surface area contributed by atoms with Gasteiger partial charge in [-0.25, -0.2) is 14.8 Å². The molecule has 1 rings (SSSR count). The Balaban J connectivity index is 3.06. The molecule has 4 nitrogen and oxygen atoms in total. The minimum absolute atomic E-state index is 0.0767. The molecule has 0 saturated carbocycles. The molecule has 0 amide bonds. The van der Waals surface area contributed by atoms with Crippen LogP contribution >= 0.6 is 11.8 Å². The van der Waals surface area contributed by atoms with Gasteiger partial charge in [-0.1, -0.05) is 6.92 Å². The van der Waals surface area contributed by atoms with Crippen LogP contribution in [0.3, 0.4) is 0 Å². The van der Waals surface area contributed by atoms with E-state index in [-0.39, 0.29) is 5.69 Å². The van der Waals surface area contributed by atoms with Gasteiger partial charge in [0.05, 0.1) is 0 Å². The predicted molar refractivity (Wildman–Crippen MR) is 54.8 cm³/mol. The maximum absolute atomic E-state index is 10.7. The summed E-state index contributed by atoms with van der Waals surface area (Å²) in [5, 5.41) is 9.51. The summed E-state index contributed by atoms with van der Waals surface area (Å²) in [5.41, 5.74) is 0.0767. The highest BCUT2D eigenvalue weighted by atomic mass is 32.2. The number of carboxylic acid groups (broad SMARTS) is 1. The van der Waals surface area contributed by atoms with Crippen molar-refractivity contribution in [3.05, 3.63) is 17.6 Å². The van der Waals surface area contributed by atoms with Crippen molar-refractivity contribution in [1.29, 1.82) is 0 Å². The Labute approximate surface area is 86.8 Å². The Morgan fingerprint density at radius 2 is 2.29 bits per heavy atom. The Kier molecular flexibility index (Phi) is 3.88. The van der Waals surface area contributed by atoms with Crippen LogP contribution in [0.15, 0.2) is 11.1 Å². The minimum atomic E-state index is -1.000. The van der Waals surface area contributed by atoms with Crippen LogP contribution in [0.5, 0.6) is 0 Å². The highest BCUT2D eigenvalue weighted by molar-refractivity contribution is 7.98. The van der Waals surface area contributed by atoms with E-state index < -0.39 is 5.97 Å². The first kappa shape index (κ1) is 11.0. The zero-order valence-corrected chi connectivity index (χ0v) is 8.97. The summed E-state index contributed by atoms with van der Waals surface area (Å²) in [5.74, 6) is -0.392. The van der Waals surface area contributed by atoms with Crippen LogP contribution in [0.2, 0.25) is 0 Å². The normalized spacial score (nSPS) is 10.1. The lowest BCUT2D eigenvalue weighted by atomic mass is 10.3. The molecule has 14 heavy (non-hydrogen) atoms. The molecule has 0 radical (unpaired) electrons. The number of aromatic nitrogens is 2. The molecule has 1 heterocycles. The van der Waals surface area contributed by atoms with Gasteiger partial charge in [0.1, 0.15) is 10.9 Å². The fourth-order valence-electron chi connectivity index (χ4n) is 1.02. The number of nitrogens with zero attached hydrogens (tertiary/aromatic N) is 2. The van der Waals surface area contributed by atoms with Crippen molar-refractivity contribution < 1.29 is 9.90 Å². The van der Waals surface area contributed by atoms with E-state index in [1.807, 2.05) is 13.2 Å². The third-order valence-electron chi connectivity index (χ3n) is 1.65. The number of thioether (sulfide) groups is 1. The molecule has 0 aliphatic carbocycles. The van der Waals surface area contributed by atoms with Gasteiger partial charge in [-0.15, -0.1) is 11.8 Å².